The predicted molar refractivity (Wildman–Crippen MR) is 87.1 cm³/mol. The van der Waals surface area contributed by atoms with E-state index in [0.717, 1.165) is 22.7 Å². The largest absolute Gasteiger partial charge is 0.466 e. The van der Waals surface area contributed by atoms with E-state index in [0.29, 0.717) is 10.6 Å². The van der Waals surface area contributed by atoms with Crippen molar-refractivity contribution in [1.82, 2.24) is 4.72 Å². The molecule has 3 N–H and O–H groups in total. The van der Waals surface area contributed by atoms with Gasteiger partial charge in [-0.1, -0.05) is 12.2 Å². The molecule has 0 saturated heterocycles. The zero-order valence-corrected chi connectivity index (χ0v) is 14.3. The highest BCUT2D eigenvalue weighted by Crippen LogP contribution is 2.26. The first-order valence-electron chi connectivity index (χ1n) is 6.19. The fourth-order valence-corrected chi connectivity index (χ4v) is 4.62. The minimum atomic E-state index is -3.62. The Morgan fingerprint density at radius 2 is 2.10 bits per heavy atom. The monoisotopic (exact) mass is 344 g/mol. The van der Waals surface area contributed by atoms with Crippen LogP contribution in [0, 0.1) is 13.8 Å². The molecule has 0 aromatic carbocycles. The molecule has 1 atom stereocenters. The number of hydrogen-bond acceptors (Lipinski definition) is 5. The van der Waals surface area contributed by atoms with E-state index in [2.05, 4.69) is 4.72 Å². The second-order valence-electron chi connectivity index (χ2n) is 4.69. The summed E-state index contributed by atoms with van der Waals surface area (Å²) in [6.07, 6.45) is 0. The lowest BCUT2D eigenvalue weighted by molar-refractivity contribution is 0.496. The van der Waals surface area contributed by atoms with Crippen molar-refractivity contribution in [2.75, 3.05) is 0 Å². The van der Waals surface area contributed by atoms with Gasteiger partial charge in [0.25, 0.3) is 10.0 Å². The zero-order chi connectivity index (χ0) is 15.8. The Morgan fingerprint density at radius 1 is 1.43 bits per heavy atom. The van der Waals surface area contributed by atoms with Crippen molar-refractivity contribution in [2.24, 2.45) is 5.73 Å². The third-order valence-electron chi connectivity index (χ3n) is 2.97. The van der Waals surface area contributed by atoms with Crippen LogP contribution >= 0.6 is 23.6 Å². The molecule has 0 bridgehead atoms. The quantitative estimate of drug-likeness (QED) is 0.815. The van der Waals surface area contributed by atoms with Gasteiger partial charge in [-0.3, -0.25) is 0 Å². The number of thiophene rings is 1. The molecule has 5 nitrogen and oxygen atoms in total. The van der Waals surface area contributed by atoms with E-state index in [9.17, 15) is 8.42 Å². The number of hydrogen-bond donors (Lipinski definition) is 2. The third kappa shape index (κ3) is 3.52. The summed E-state index contributed by atoms with van der Waals surface area (Å²) in [5, 5.41) is 0. The number of rotatable bonds is 5. The molecular weight excluding hydrogens is 328 g/mol. The Labute approximate surface area is 133 Å². The van der Waals surface area contributed by atoms with Crippen molar-refractivity contribution >= 4 is 38.6 Å². The highest BCUT2D eigenvalue weighted by molar-refractivity contribution is 7.91. The van der Waals surface area contributed by atoms with E-state index in [1.54, 1.807) is 13.0 Å². The predicted octanol–water partition coefficient (Wildman–Crippen LogP) is 2.63. The van der Waals surface area contributed by atoms with Gasteiger partial charge in [0.2, 0.25) is 0 Å². The molecule has 2 aromatic heterocycles. The smallest absolute Gasteiger partial charge is 0.250 e. The molecule has 0 amide bonds. The Hall–Kier alpha value is -1.22. The summed E-state index contributed by atoms with van der Waals surface area (Å²) in [5.41, 5.74) is 6.32. The van der Waals surface area contributed by atoms with Crippen LogP contribution in [0.1, 0.15) is 34.9 Å². The Kier molecular flexibility index (Phi) is 4.52. The van der Waals surface area contributed by atoms with Crippen LogP contribution in [0.2, 0.25) is 0 Å². The summed E-state index contributed by atoms with van der Waals surface area (Å²) in [6.45, 7) is 5.41. The fraction of sp³-hybridized carbons (Fsp3) is 0.308. The van der Waals surface area contributed by atoms with Gasteiger partial charge in [-0.05, 0) is 39.0 Å². The van der Waals surface area contributed by atoms with Crippen molar-refractivity contribution in [3.05, 3.63) is 40.2 Å². The molecule has 1 unspecified atom stereocenters. The van der Waals surface area contributed by atoms with E-state index >= 15 is 0 Å². The maximum absolute atomic E-state index is 12.4. The fourth-order valence-electron chi connectivity index (χ4n) is 2.03. The number of aryl methyl sites for hydroxylation is 2. The molecule has 0 aliphatic carbocycles. The maximum atomic E-state index is 12.4. The lowest BCUT2D eigenvalue weighted by Gasteiger charge is -2.12. The van der Waals surface area contributed by atoms with Gasteiger partial charge in [-0.25, -0.2) is 13.1 Å². The van der Waals surface area contributed by atoms with Gasteiger partial charge >= 0.3 is 0 Å². The van der Waals surface area contributed by atoms with E-state index in [-0.39, 0.29) is 15.2 Å². The van der Waals surface area contributed by atoms with Crippen LogP contribution in [0.25, 0.3) is 0 Å². The average Bonchev–Trinajstić information content (AvgIpc) is 2.95. The van der Waals surface area contributed by atoms with Gasteiger partial charge in [0.1, 0.15) is 20.7 Å². The summed E-state index contributed by atoms with van der Waals surface area (Å²) in [5.74, 6) is 1.46. The Bertz CT molecular complexity index is 774. The number of furan rings is 1. The minimum absolute atomic E-state index is 0.190. The molecule has 2 heterocycles. The second kappa shape index (κ2) is 5.88. The van der Waals surface area contributed by atoms with E-state index in [1.165, 1.54) is 6.07 Å². The minimum Gasteiger partial charge on any atom is -0.466 e. The lowest BCUT2D eigenvalue weighted by atomic mass is 10.1. The molecular formula is C13H16N2O3S3. The molecule has 8 heteroatoms. The first-order chi connectivity index (χ1) is 9.70. The zero-order valence-electron chi connectivity index (χ0n) is 11.8. The molecule has 0 saturated carbocycles. The van der Waals surface area contributed by atoms with Gasteiger partial charge < -0.3 is 10.2 Å². The van der Waals surface area contributed by atoms with E-state index in [1.807, 2.05) is 19.9 Å². The summed E-state index contributed by atoms with van der Waals surface area (Å²) < 4.78 is 33.0. The topological polar surface area (TPSA) is 85.3 Å². The van der Waals surface area contributed by atoms with Gasteiger partial charge in [0.05, 0.1) is 4.88 Å². The normalized spacial score (nSPS) is 13.3. The molecule has 0 aliphatic rings. The average molecular weight is 344 g/mol. The molecule has 0 aliphatic heterocycles. The highest BCUT2D eigenvalue weighted by atomic mass is 32.2. The van der Waals surface area contributed by atoms with Crippen LogP contribution < -0.4 is 10.5 Å². The first-order valence-corrected chi connectivity index (χ1v) is 8.90. The van der Waals surface area contributed by atoms with Gasteiger partial charge in [-0.15, -0.1) is 11.3 Å². The number of nitrogens with one attached hydrogen (secondary N) is 1. The second-order valence-corrected chi connectivity index (χ2v) is 8.16. The van der Waals surface area contributed by atoms with Gasteiger partial charge in [0.15, 0.2) is 0 Å². The van der Waals surface area contributed by atoms with Crippen LogP contribution in [0.4, 0.5) is 0 Å². The summed E-state index contributed by atoms with van der Waals surface area (Å²) in [4.78, 5) is 0.768. The van der Waals surface area contributed by atoms with Crippen LogP contribution in [0.15, 0.2) is 26.8 Å². The first kappa shape index (κ1) is 16.2. The van der Waals surface area contributed by atoms with Crippen molar-refractivity contribution in [1.29, 1.82) is 0 Å². The maximum Gasteiger partial charge on any atom is 0.250 e. The summed E-state index contributed by atoms with van der Waals surface area (Å²) in [6, 6.07) is 4.56. The van der Waals surface area contributed by atoms with Crippen molar-refractivity contribution in [3.63, 3.8) is 0 Å². The Balaban J connectivity index is 2.24. The van der Waals surface area contributed by atoms with Crippen LogP contribution in [-0.2, 0) is 10.0 Å². The number of sulfonamides is 1. The number of nitrogens with two attached hydrogens (primary N) is 1. The lowest BCUT2D eigenvalue weighted by Crippen LogP contribution is -2.26. The highest BCUT2D eigenvalue weighted by Gasteiger charge is 2.23. The van der Waals surface area contributed by atoms with E-state index < -0.39 is 10.0 Å². The molecule has 0 fully saturated rings. The number of thiocarbonyl (C=S) groups is 1. The van der Waals surface area contributed by atoms with Crippen LogP contribution in [0.5, 0.6) is 0 Å². The van der Waals surface area contributed by atoms with Gasteiger partial charge in [0, 0.05) is 11.6 Å². The third-order valence-corrected chi connectivity index (χ3v) is 6.47. The van der Waals surface area contributed by atoms with Crippen LogP contribution in [-0.4, -0.2) is 13.4 Å². The SMILES string of the molecule is Cc1cc(C(C)NS(=O)(=O)c2ccc(C(N)=S)s2)c(C)o1. The summed E-state index contributed by atoms with van der Waals surface area (Å²) in [7, 11) is -3.62. The van der Waals surface area contributed by atoms with E-state index in [4.69, 9.17) is 22.4 Å². The molecule has 0 spiro atoms. The molecule has 114 valence electrons. The molecule has 2 aromatic rings. The van der Waals surface area contributed by atoms with Crippen LogP contribution in [0.3, 0.4) is 0 Å². The molecule has 2 rings (SSSR count). The van der Waals surface area contributed by atoms with Crippen molar-refractivity contribution < 1.29 is 12.8 Å². The Morgan fingerprint density at radius 3 is 2.57 bits per heavy atom. The van der Waals surface area contributed by atoms with Gasteiger partial charge in [-0.2, -0.15) is 0 Å². The standard InChI is InChI=1S/C13H16N2O3S3/c1-7-6-10(9(3)18-7)8(2)15-21(16,17)12-5-4-11(20-12)13(14)19/h4-6,8,15H,1-3H3,(H2,14,19). The summed E-state index contributed by atoms with van der Waals surface area (Å²) >= 11 is 5.90. The molecule has 0 radical (unpaired) electrons. The van der Waals surface area contributed by atoms with Crippen molar-refractivity contribution in [3.8, 4) is 0 Å². The molecule has 21 heavy (non-hydrogen) atoms. The van der Waals surface area contributed by atoms with Crippen molar-refractivity contribution in [2.45, 2.75) is 31.0 Å².